The maximum Gasteiger partial charge on any atom is 0.119 e. The van der Waals surface area contributed by atoms with E-state index in [1.54, 1.807) is 0 Å². The quantitative estimate of drug-likeness (QED) is 0.720. The summed E-state index contributed by atoms with van der Waals surface area (Å²) in [5, 5.41) is 0.901. The van der Waals surface area contributed by atoms with Gasteiger partial charge in [-0.15, -0.1) is 0 Å². The lowest BCUT2D eigenvalue weighted by atomic mass is 10.2. The molecule has 0 aromatic heterocycles. The SMILES string of the molecule is CCCC(C)Oc1ccc(CBr)cc1. The van der Waals surface area contributed by atoms with Crippen LogP contribution < -0.4 is 4.74 Å². The number of alkyl halides is 1. The van der Waals surface area contributed by atoms with Crippen molar-refractivity contribution in [3.8, 4) is 5.75 Å². The molecule has 1 aromatic rings. The Kier molecular flexibility index (Phi) is 5.02. The molecule has 0 heterocycles. The average Bonchev–Trinajstić information content (AvgIpc) is 2.19. The summed E-state index contributed by atoms with van der Waals surface area (Å²) in [5.41, 5.74) is 1.28. The minimum atomic E-state index is 0.315. The van der Waals surface area contributed by atoms with E-state index in [0.29, 0.717) is 6.10 Å². The number of hydrogen-bond acceptors (Lipinski definition) is 1. The van der Waals surface area contributed by atoms with Gasteiger partial charge in [-0.1, -0.05) is 41.4 Å². The summed E-state index contributed by atoms with van der Waals surface area (Å²) in [6, 6.07) is 8.23. The zero-order valence-corrected chi connectivity index (χ0v) is 10.4. The first kappa shape index (κ1) is 11.6. The van der Waals surface area contributed by atoms with Crippen molar-refractivity contribution in [1.29, 1.82) is 0 Å². The monoisotopic (exact) mass is 256 g/mol. The lowest BCUT2D eigenvalue weighted by molar-refractivity contribution is 0.210. The molecule has 0 aliphatic carbocycles. The first-order valence-electron chi connectivity index (χ1n) is 5.07. The largest absolute Gasteiger partial charge is 0.491 e. The molecule has 14 heavy (non-hydrogen) atoms. The fourth-order valence-corrected chi connectivity index (χ4v) is 1.73. The van der Waals surface area contributed by atoms with Crippen molar-refractivity contribution in [2.45, 2.75) is 38.1 Å². The molecular weight excluding hydrogens is 240 g/mol. The van der Waals surface area contributed by atoms with Crippen LogP contribution in [0.3, 0.4) is 0 Å². The maximum absolute atomic E-state index is 5.74. The first-order valence-corrected chi connectivity index (χ1v) is 6.20. The van der Waals surface area contributed by atoms with Crippen LogP contribution in [-0.4, -0.2) is 6.10 Å². The highest BCUT2D eigenvalue weighted by molar-refractivity contribution is 9.08. The zero-order chi connectivity index (χ0) is 10.4. The van der Waals surface area contributed by atoms with Gasteiger partial charge in [0.05, 0.1) is 6.10 Å². The molecule has 0 saturated heterocycles. The van der Waals surface area contributed by atoms with Crippen LogP contribution in [0.5, 0.6) is 5.75 Å². The van der Waals surface area contributed by atoms with Crippen molar-refractivity contribution in [1.82, 2.24) is 0 Å². The molecule has 0 amide bonds. The number of halogens is 1. The van der Waals surface area contributed by atoms with Gasteiger partial charge >= 0.3 is 0 Å². The third kappa shape index (κ3) is 3.70. The van der Waals surface area contributed by atoms with E-state index in [2.05, 4.69) is 41.9 Å². The van der Waals surface area contributed by atoms with Gasteiger partial charge < -0.3 is 4.74 Å². The Morgan fingerprint density at radius 2 is 1.93 bits per heavy atom. The lowest BCUT2D eigenvalue weighted by Crippen LogP contribution is -2.10. The molecule has 2 heteroatoms. The summed E-state index contributed by atoms with van der Waals surface area (Å²) in [6.45, 7) is 4.29. The molecule has 0 aliphatic heterocycles. The summed E-state index contributed by atoms with van der Waals surface area (Å²) >= 11 is 3.42. The van der Waals surface area contributed by atoms with E-state index in [1.165, 1.54) is 12.0 Å². The van der Waals surface area contributed by atoms with Crippen LogP contribution in [0.15, 0.2) is 24.3 Å². The first-order chi connectivity index (χ1) is 6.76. The van der Waals surface area contributed by atoms with Crippen LogP contribution in [0.4, 0.5) is 0 Å². The predicted molar refractivity (Wildman–Crippen MR) is 64.1 cm³/mol. The molecule has 0 bridgehead atoms. The van der Waals surface area contributed by atoms with Gasteiger partial charge in [0, 0.05) is 5.33 Å². The zero-order valence-electron chi connectivity index (χ0n) is 8.79. The molecule has 0 radical (unpaired) electrons. The maximum atomic E-state index is 5.74. The highest BCUT2D eigenvalue weighted by Crippen LogP contribution is 2.16. The van der Waals surface area contributed by atoms with Gasteiger partial charge in [-0.25, -0.2) is 0 Å². The second kappa shape index (κ2) is 6.07. The summed E-state index contributed by atoms with van der Waals surface area (Å²) in [5.74, 6) is 0.968. The van der Waals surface area contributed by atoms with E-state index in [-0.39, 0.29) is 0 Å². The number of rotatable bonds is 5. The number of hydrogen-bond donors (Lipinski definition) is 0. The molecule has 1 nitrogen and oxygen atoms in total. The van der Waals surface area contributed by atoms with Crippen LogP contribution >= 0.6 is 15.9 Å². The normalized spacial score (nSPS) is 12.5. The van der Waals surface area contributed by atoms with Crippen LogP contribution in [0, 0.1) is 0 Å². The standard InChI is InChI=1S/C12H17BrO/c1-3-4-10(2)14-12-7-5-11(9-13)6-8-12/h5-8,10H,3-4,9H2,1-2H3. The Bertz CT molecular complexity index is 256. The Morgan fingerprint density at radius 1 is 1.29 bits per heavy atom. The van der Waals surface area contributed by atoms with E-state index in [0.717, 1.165) is 17.5 Å². The van der Waals surface area contributed by atoms with Gasteiger partial charge in [-0.05, 0) is 31.0 Å². The third-order valence-electron chi connectivity index (χ3n) is 2.11. The molecule has 1 atom stereocenters. The summed E-state index contributed by atoms with van der Waals surface area (Å²) in [6.07, 6.45) is 2.59. The van der Waals surface area contributed by atoms with E-state index in [1.807, 2.05) is 12.1 Å². The Labute approximate surface area is 94.6 Å². The molecule has 1 unspecified atom stereocenters. The van der Waals surface area contributed by atoms with E-state index in [4.69, 9.17) is 4.74 Å². The van der Waals surface area contributed by atoms with Crippen molar-refractivity contribution in [3.05, 3.63) is 29.8 Å². The third-order valence-corrected chi connectivity index (χ3v) is 2.76. The van der Waals surface area contributed by atoms with E-state index >= 15 is 0 Å². The van der Waals surface area contributed by atoms with Crippen molar-refractivity contribution in [2.24, 2.45) is 0 Å². The molecule has 0 spiro atoms. The van der Waals surface area contributed by atoms with E-state index in [9.17, 15) is 0 Å². The predicted octanol–water partition coefficient (Wildman–Crippen LogP) is 4.15. The van der Waals surface area contributed by atoms with Gasteiger partial charge in [0.1, 0.15) is 5.75 Å². The Hall–Kier alpha value is -0.500. The van der Waals surface area contributed by atoms with Crippen LogP contribution in [0.2, 0.25) is 0 Å². The van der Waals surface area contributed by atoms with Gasteiger partial charge in [0.2, 0.25) is 0 Å². The van der Waals surface area contributed by atoms with Gasteiger partial charge in [0.25, 0.3) is 0 Å². The van der Waals surface area contributed by atoms with E-state index < -0.39 is 0 Å². The van der Waals surface area contributed by atoms with Gasteiger partial charge in [-0.3, -0.25) is 0 Å². The molecule has 0 aliphatic rings. The summed E-state index contributed by atoms with van der Waals surface area (Å²) in [7, 11) is 0. The second-order valence-corrected chi connectivity index (χ2v) is 4.06. The molecule has 0 fully saturated rings. The topological polar surface area (TPSA) is 9.23 Å². The van der Waals surface area contributed by atoms with Crippen molar-refractivity contribution >= 4 is 15.9 Å². The lowest BCUT2D eigenvalue weighted by Gasteiger charge is -2.13. The molecular formula is C12H17BrO. The minimum absolute atomic E-state index is 0.315. The van der Waals surface area contributed by atoms with Crippen molar-refractivity contribution < 1.29 is 4.74 Å². The molecule has 1 aromatic carbocycles. The fraction of sp³-hybridized carbons (Fsp3) is 0.500. The van der Waals surface area contributed by atoms with Crippen molar-refractivity contribution in [2.75, 3.05) is 0 Å². The Balaban J connectivity index is 2.50. The molecule has 0 N–H and O–H groups in total. The highest BCUT2D eigenvalue weighted by Gasteiger charge is 2.01. The van der Waals surface area contributed by atoms with Crippen LogP contribution in [0.1, 0.15) is 32.3 Å². The molecule has 1 rings (SSSR count). The van der Waals surface area contributed by atoms with Gasteiger partial charge in [-0.2, -0.15) is 0 Å². The average molecular weight is 257 g/mol. The smallest absolute Gasteiger partial charge is 0.119 e. The molecule has 78 valence electrons. The highest BCUT2D eigenvalue weighted by atomic mass is 79.9. The number of benzene rings is 1. The minimum Gasteiger partial charge on any atom is -0.491 e. The summed E-state index contributed by atoms with van der Waals surface area (Å²) < 4.78 is 5.74. The molecule has 0 saturated carbocycles. The van der Waals surface area contributed by atoms with Crippen LogP contribution in [0.25, 0.3) is 0 Å². The number of ether oxygens (including phenoxy) is 1. The van der Waals surface area contributed by atoms with Crippen LogP contribution in [-0.2, 0) is 5.33 Å². The summed E-state index contributed by atoms with van der Waals surface area (Å²) in [4.78, 5) is 0. The Morgan fingerprint density at radius 3 is 2.43 bits per heavy atom. The second-order valence-electron chi connectivity index (χ2n) is 3.49. The van der Waals surface area contributed by atoms with Gasteiger partial charge in [0.15, 0.2) is 0 Å². The fourth-order valence-electron chi connectivity index (χ4n) is 1.35. The van der Waals surface area contributed by atoms with Crippen molar-refractivity contribution in [3.63, 3.8) is 0 Å².